The van der Waals surface area contributed by atoms with E-state index in [0.29, 0.717) is 25.4 Å². The summed E-state index contributed by atoms with van der Waals surface area (Å²) in [6, 6.07) is 0.0407. The van der Waals surface area contributed by atoms with Gasteiger partial charge in [-0.25, -0.2) is 9.98 Å². The Morgan fingerprint density at radius 1 is 1.31 bits per heavy atom. The van der Waals surface area contributed by atoms with Crippen LogP contribution in [0.5, 0.6) is 0 Å². The van der Waals surface area contributed by atoms with E-state index in [1.54, 1.807) is 13.4 Å². The number of likely N-dealkylation sites (N-methyl/N-ethyl adjacent to an activating group) is 1. The van der Waals surface area contributed by atoms with Crippen LogP contribution < -0.4 is 10.6 Å². The minimum atomic E-state index is -0.340. The molecule has 0 radical (unpaired) electrons. The van der Waals surface area contributed by atoms with Crippen LogP contribution in [0, 0.1) is 0 Å². The highest BCUT2D eigenvalue weighted by Crippen LogP contribution is 2.32. The number of fused-ring (bicyclic) bond motifs is 1. The number of nitrogens with zero attached hydrogens (tertiary/aromatic N) is 4. The second-order valence-electron chi connectivity index (χ2n) is 8.78. The lowest BCUT2D eigenvalue weighted by atomic mass is 10.0. The molecular formula is C23H34N6O3. The molecular weight excluding hydrogens is 408 g/mol. The molecule has 1 unspecified atom stereocenters. The number of methoxy groups -OCH3 is 1. The topological polar surface area (TPSA) is 90.8 Å². The lowest BCUT2D eigenvalue weighted by molar-refractivity contribution is -0.128. The second-order valence-corrected chi connectivity index (χ2v) is 8.78. The lowest BCUT2D eigenvalue weighted by Crippen LogP contribution is -2.43. The van der Waals surface area contributed by atoms with Gasteiger partial charge in [0.05, 0.1) is 13.7 Å². The van der Waals surface area contributed by atoms with Crippen LogP contribution in [0.15, 0.2) is 44.7 Å². The van der Waals surface area contributed by atoms with Gasteiger partial charge in [0.25, 0.3) is 5.91 Å². The predicted octanol–water partition coefficient (Wildman–Crippen LogP) is 1.02. The van der Waals surface area contributed by atoms with Gasteiger partial charge >= 0.3 is 0 Å². The SMILES string of the molecule is COC1=CCC2=C[C@H]1OCCNCCCN(C)CC1=C3C(=NC=NC3N(C(C)C)C1=O)N2. The fraction of sp³-hybridized carbons (Fsp3) is 0.609. The first-order valence-corrected chi connectivity index (χ1v) is 11.4. The fourth-order valence-corrected chi connectivity index (χ4v) is 4.52. The summed E-state index contributed by atoms with van der Waals surface area (Å²) in [5.41, 5.74) is 2.62. The molecule has 0 spiro atoms. The average Bonchev–Trinajstić information content (AvgIpc) is 3.05. The molecule has 1 amide bonds. The molecule has 2 N–H and O–H groups in total. The Balaban J connectivity index is 1.68. The van der Waals surface area contributed by atoms with Gasteiger partial charge in [0.2, 0.25) is 0 Å². The van der Waals surface area contributed by atoms with E-state index in [9.17, 15) is 4.79 Å². The quantitative estimate of drug-likeness (QED) is 0.664. The zero-order valence-electron chi connectivity index (χ0n) is 19.4. The summed E-state index contributed by atoms with van der Waals surface area (Å²) in [5.74, 6) is 1.54. The molecule has 174 valence electrons. The first kappa shape index (κ1) is 22.7. The van der Waals surface area contributed by atoms with Crippen molar-refractivity contribution in [1.29, 1.82) is 0 Å². The van der Waals surface area contributed by atoms with Gasteiger partial charge in [0.1, 0.15) is 24.0 Å². The van der Waals surface area contributed by atoms with Crippen molar-refractivity contribution >= 4 is 18.1 Å². The van der Waals surface area contributed by atoms with Crippen molar-refractivity contribution in [2.45, 2.75) is 45.0 Å². The molecule has 0 aromatic rings. The van der Waals surface area contributed by atoms with Crippen molar-refractivity contribution in [3.05, 3.63) is 34.8 Å². The number of hydrogen-bond acceptors (Lipinski definition) is 8. The summed E-state index contributed by atoms with van der Waals surface area (Å²) >= 11 is 0. The van der Waals surface area contributed by atoms with Gasteiger partial charge in [-0.05, 0) is 52.6 Å². The van der Waals surface area contributed by atoms with Crippen LogP contribution in [0.25, 0.3) is 0 Å². The van der Waals surface area contributed by atoms with Crippen LogP contribution in [0.3, 0.4) is 0 Å². The first-order valence-electron chi connectivity index (χ1n) is 11.4. The van der Waals surface area contributed by atoms with Crippen molar-refractivity contribution in [3.8, 4) is 0 Å². The number of ether oxygens (including phenoxy) is 2. The lowest BCUT2D eigenvalue weighted by Gasteiger charge is -2.30. The van der Waals surface area contributed by atoms with E-state index in [-0.39, 0.29) is 24.2 Å². The molecule has 0 fully saturated rings. The van der Waals surface area contributed by atoms with E-state index in [0.717, 1.165) is 48.7 Å². The number of carbonyl (C=O) groups excluding carboxylic acids is 1. The Labute approximate surface area is 189 Å². The predicted molar refractivity (Wildman–Crippen MR) is 124 cm³/mol. The Morgan fingerprint density at radius 2 is 2.16 bits per heavy atom. The van der Waals surface area contributed by atoms with E-state index in [1.807, 2.05) is 30.9 Å². The van der Waals surface area contributed by atoms with Crippen LogP contribution in [0.1, 0.15) is 26.7 Å². The molecule has 32 heavy (non-hydrogen) atoms. The minimum Gasteiger partial charge on any atom is -0.498 e. The number of amidine groups is 1. The summed E-state index contributed by atoms with van der Waals surface area (Å²) in [6.45, 7) is 7.77. The molecule has 2 bridgehead atoms. The molecule has 0 aromatic heterocycles. The molecule has 0 saturated carbocycles. The third-order valence-corrected chi connectivity index (χ3v) is 6.11. The van der Waals surface area contributed by atoms with Gasteiger partial charge in [-0.3, -0.25) is 4.79 Å². The standard InChI is InChI=1S/C23H34N6O3/c1-15(2)29-22-20-17(23(29)30)13-28(3)10-5-8-24-9-11-32-19-12-16(6-7-18(19)31-4)27-21(20)25-14-26-22/h7,12,14-15,19,22,24H,5-6,8-11,13H2,1-4H3,(H,25,26,27)/t19-,22?/m1/s1. The van der Waals surface area contributed by atoms with Crippen molar-refractivity contribution in [2.24, 2.45) is 9.98 Å². The average molecular weight is 443 g/mol. The summed E-state index contributed by atoms with van der Waals surface area (Å²) in [6.07, 6.45) is 6.69. The maximum Gasteiger partial charge on any atom is 0.253 e. The van der Waals surface area contributed by atoms with Gasteiger partial charge in [-0.1, -0.05) is 0 Å². The first-order chi connectivity index (χ1) is 15.5. The third kappa shape index (κ3) is 4.65. The molecule has 3 heterocycles. The number of rotatable bonds is 2. The Morgan fingerprint density at radius 3 is 2.94 bits per heavy atom. The molecule has 9 heteroatoms. The smallest absolute Gasteiger partial charge is 0.253 e. The summed E-state index contributed by atoms with van der Waals surface area (Å²) in [5, 5.41) is 6.91. The van der Waals surface area contributed by atoms with Crippen molar-refractivity contribution in [2.75, 3.05) is 46.9 Å². The molecule has 3 aliphatic heterocycles. The van der Waals surface area contributed by atoms with E-state index < -0.39 is 0 Å². The monoisotopic (exact) mass is 442 g/mol. The molecule has 0 saturated heterocycles. The maximum atomic E-state index is 13.4. The Hall–Kier alpha value is -2.49. The largest absolute Gasteiger partial charge is 0.498 e. The minimum absolute atomic E-state index is 0.0407. The van der Waals surface area contributed by atoms with E-state index in [2.05, 4.69) is 32.6 Å². The van der Waals surface area contributed by atoms with Crippen molar-refractivity contribution < 1.29 is 14.3 Å². The zero-order chi connectivity index (χ0) is 22.7. The Bertz CT molecular complexity index is 888. The zero-order valence-corrected chi connectivity index (χ0v) is 19.4. The highest BCUT2D eigenvalue weighted by atomic mass is 16.5. The summed E-state index contributed by atoms with van der Waals surface area (Å²) < 4.78 is 11.6. The van der Waals surface area contributed by atoms with Crippen LogP contribution in [-0.2, 0) is 14.3 Å². The molecule has 2 atom stereocenters. The van der Waals surface area contributed by atoms with Gasteiger partial charge in [0.15, 0.2) is 6.17 Å². The van der Waals surface area contributed by atoms with Crippen LogP contribution >= 0.6 is 0 Å². The van der Waals surface area contributed by atoms with Gasteiger partial charge < -0.3 is 29.9 Å². The van der Waals surface area contributed by atoms with Gasteiger partial charge in [-0.15, -0.1) is 0 Å². The molecule has 4 aliphatic rings. The number of hydrogen-bond donors (Lipinski definition) is 2. The fourth-order valence-electron chi connectivity index (χ4n) is 4.52. The number of amides is 1. The van der Waals surface area contributed by atoms with Crippen LogP contribution in [-0.4, -0.2) is 93.1 Å². The van der Waals surface area contributed by atoms with E-state index in [4.69, 9.17) is 9.47 Å². The maximum absolute atomic E-state index is 13.4. The van der Waals surface area contributed by atoms with Crippen molar-refractivity contribution in [3.63, 3.8) is 0 Å². The highest BCUT2D eigenvalue weighted by molar-refractivity contribution is 6.14. The molecule has 4 rings (SSSR count). The molecule has 1 aliphatic carbocycles. The van der Waals surface area contributed by atoms with Crippen molar-refractivity contribution in [1.82, 2.24) is 20.4 Å². The molecule has 9 nitrogen and oxygen atoms in total. The normalized spacial score (nSPS) is 27.6. The molecule has 0 aromatic carbocycles. The van der Waals surface area contributed by atoms with Crippen LogP contribution in [0.2, 0.25) is 0 Å². The van der Waals surface area contributed by atoms with Gasteiger partial charge in [-0.2, -0.15) is 0 Å². The number of carbonyl (C=O) groups is 1. The second kappa shape index (κ2) is 9.97. The number of aliphatic imine (C=N–C) groups is 2. The Kier molecular flexibility index (Phi) is 7.07. The number of allylic oxidation sites excluding steroid dienone is 1. The van der Waals surface area contributed by atoms with Gasteiger partial charge in [0, 0.05) is 42.4 Å². The van der Waals surface area contributed by atoms with E-state index in [1.165, 1.54) is 0 Å². The summed E-state index contributed by atoms with van der Waals surface area (Å²) in [4.78, 5) is 26.6. The van der Waals surface area contributed by atoms with Crippen LogP contribution in [0.4, 0.5) is 0 Å². The highest BCUT2D eigenvalue weighted by Gasteiger charge is 2.43. The third-order valence-electron chi connectivity index (χ3n) is 6.11. The summed E-state index contributed by atoms with van der Waals surface area (Å²) in [7, 11) is 3.73. The number of nitrogens with one attached hydrogen (secondary N) is 2. The van der Waals surface area contributed by atoms with E-state index >= 15 is 0 Å².